The molecule has 3 nitrogen and oxygen atoms in total. The molecule has 0 unspecified atom stereocenters. The van der Waals surface area contributed by atoms with Gasteiger partial charge in [0.1, 0.15) is 5.82 Å². The summed E-state index contributed by atoms with van der Waals surface area (Å²) in [6.07, 6.45) is 4.47. The van der Waals surface area contributed by atoms with Gasteiger partial charge in [-0.1, -0.05) is 74.5 Å². The number of hydrogen-bond acceptors (Lipinski definition) is 1. The van der Waals surface area contributed by atoms with E-state index in [2.05, 4.69) is 72.4 Å². The van der Waals surface area contributed by atoms with Gasteiger partial charge in [0, 0.05) is 36.6 Å². The van der Waals surface area contributed by atoms with Crippen molar-refractivity contribution in [3.63, 3.8) is 0 Å². The molecule has 176 valence electrons. The maximum absolute atomic E-state index is 13.4. The Bertz CT molecular complexity index is 1210. The highest BCUT2D eigenvalue weighted by Gasteiger charge is 2.21. The van der Waals surface area contributed by atoms with E-state index < -0.39 is 0 Å². The maximum Gasteiger partial charge on any atom is 0.220 e. The normalized spacial score (nSPS) is 12.2. The standard InChI is InChI=1S/C30H33FN2O/c1-22(2)19-32-30(34)18-25(15-12-23-8-4-3-5-9-23)28-21-33(29-11-7-6-10-27(28)29)20-24-13-16-26(31)17-14-24/h3-11,13-14,16-17,21-22,25H,12,15,18-20H2,1-2H3,(H,32,34)/t25-/m1/s1. The van der Waals surface area contributed by atoms with E-state index in [0.717, 1.165) is 23.9 Å². The Morgan fingerprint density at radius 2 is 1.62 bits per heavy atom. The third-order valence-corrected chi connectivity index (χ3v) is 6.29. The molecule has 34 heavy (non-hydrogen) atoms. The summed E-state index contributed by atoms with van der Waals surface area (Å²) in [6.45, 7) is 5.56. The largest absolute Gasteiger partial charge is 0.356 e. The molecule has 4 rings (SSSR count). The van der Waals surface area contributed by atoms with Crippen LogP contribution in [0.25, 0.3) is 10.9 Å². The van der Waals surface area contributed by atoms with Gasteiger partial charge >= 0.3 is 0 Å². The van der Waals surface area contributed by atoms with E-state index in [1.165, 1.54) is 28.6 Å². The number of fused-ring (bicyclic) bond motifs is 1. The number of amides is 1. The fraction of sp³-hybridized carbons (Fsp3) is 0.300. The molecule has 4 aromatic rings. The number of carbonyl (C=O) groups excluding carboxylic acids is 1. The van der Waals surface area contributed by atoms with Crippen molar-refractivity contribution < 1.29 is 9.18 Å². The summed E-state index contributed by atoms with van der Waals surface area (Å²) in [5.74, 6) is 0.397. The van der Waals surface area contributed by atoms with E-state index in [0.29, 0.717) is 25.4 Å². The summed E-state index contributed by atoms with van der Waals surface area (Å²) in [5, 5.41) is 4.28. The molecular weight excluding hydrogens is 423 g/mol. The molecule has 1 heterocycles. The lowest BCUT2D eigenvalue weighted by atomic mass is 9.89. The van der Waals surface area contributed by atoms with Crippen LogP contribution in [-0.4, -0.2) is 17.0 Å². The molecule has 1 amide bonds. The van der Waals surface area contributed by atoms with Crippen molar-refractivity contribution in [3.05, 3.63) is 108 Å². The highest BCUT2D eigenvalue weighted by molar-refractivity contribution is 5.86. The summed E-state index contributed by atoms with van der Waals surface area (Å²) in [6, 6.07) is 25.5. The second kappa shape index (κ2) is 11.1. The average molecular weight is 457 g/mol. The number of nitrogens with one attached hydrogen (secondary N) is 1. The lowest BCUT2D eigenvalue weighted by molar-refractivity contribution is -0.121. The third-order valence-electron chi connectivity index (χ3n) is 6.29. The molecule has 0 aliphatic heterocycles. The number of nitrogens with zero attached hydrogens (tertiary/aromatic N) is 1. The van der Waals surface area contributed by atoms with Crippen LogP contribution in [0.4, 0.5) is 4.39 Å². The smallest absolute Gasteiger partial charge is 0.220 e. The monoisotopic (exact) mass is 456 g/mol. The van der Waals surface area contributed by atoms with Gasteiger partial charge in [-0.2, -0.15) is 0 Å². The topological polar surface area (TPSA) is 34.0 Å². The first-order valence-corrected chi connectivity index (χ1v) is 12.1. The molecule has 3 aromatic carbocycles. The number of benzene rings is 3. The van der Waals surface area contributed by atoms with E-state index in [4.69, 9.17) is 0 Å². The number of rotatable bonds is 10. The summed E-state index contributed by atoms with van der Waals surface area (Å²) in [4.78, 5) is 12.9. The molecule has 1 aromatic heterocycles. The molecule has 0 aliphatic carbocycles. The van der Waals surface area contributed by atoms with Crippen LogP contribution in [0.2, 0.25) is 0 Å². The van der Waals surface area contributed by atoms with Crippen LogP contribution < -0.4 is 5.32 Å². The van der Waals surface area contributed by atoms with Crippen LogP contribution in [0.3, 0.4) is 0 Å². The summed E-state index contributed by atoms with van der Waals surface area (Å²) in [7, 11) is 0. The van der Waals surface area contributed by atoms with Gasteiger partial charge < -0.3 is 9.88 Å². The molecule has 0 saturated heterocycles. The van der Waals surface area contributed by atoms with Gasteiger partial charge in [0.25, 0.3) is 0 Å². The third kappa shape index (κ3) is 6.13. The Balaban J connectivity index is 1.64. The zero-order valence-electron chi connectivity index (χ0n) is 20.0. The minimum Gasteiger partial charge on any atom is -0.356 e. The zero-order valence-corrected chi connectivity index (χ0v) is 20.0. The van der Waals surface area contributed by atoms with Gasteiger partial charge in [-0.25, -0.2) is 4.39 Å². The molecule has 4 heteroatoms. The fourth-order valence-electron chi connectivity index (χ4n) is 4.48. The first-order chi connectivity index (χ1) is 16.5. The quantitative estimate of drug-likeness (QED) is 0.283. The molecule has 0 bridgehead atoms. The Morgan fingerprint density at radius 3 is 2.35 bits per heavy atom. The van der Waals surface area contributed by atoms with Crippen LogP contribution in [0.15, 0.2) is 85.1 Å². The number of hydrogen-bond donors (Lipinski definition) is 1. The average Bonchev–Trinajstić information content (AvgIpc) is 3.21. The van der Waals surface area contributed by atoms with Crippen LogP contribution in [0, 0.1) is 11.7 Å². The number of aromatic nitrogens is 1. The molecule has 0 radical (unpaired) electrons. The van der Waals surface area contributed by atoms with Gasteiger partial charge in [0.15, 0.2) is 0 Å². The van der Waals surface area contributed by atoms with Crippen LogP contribution >= 0.6 is 0 Å². The fourth-order valence-corrected chi connectivity index (χ4v) is 4.48. The van der Waals surface area contributed by atoms with E-state index in [1.807, 2.05) is 24.3 Å². The lowest BCUT2D eigenvalue weighted by Gasteiger charge is -2.17. The second-order valence-electron chi connectivity index (χ2n) is 9.48. The van der Waals surface area contributed by atoms with E-state index in [1.54, 1.807) is 0 Å². The van der Waals surface area contributed by atoms with Crippen molar-refractivity contribution in [3.8, 4) is 0 Å². The summed E-state index contributed by atoms with van der Waals surface area (Å²) in [5.41, 5.74) is 4.66. The number of para-hydroxylation sites is 1. The molecule has 0 spiro atoms. The Labute approximate surface area is 201 Å². The predicted octanol–water partition coefficient (Wildman–Crippen LogP) is 6.71. The Morgan fingerprint density at radius 1 is 0.912 bits per heavy atom. The Kier molecular flexibility index (Phi) is 7.79. The minimum atomic E-state index is -0.227. The van der Waals surface area contributed by atoms with E-state index >= 15 is 0 Å². The van der Waals surface area contributed by atoms with Gasteiger partial charge in [-0.15, -0.1) is 0 Å². The van der Waals surface area contributed by atoms with Crippen LogP contribution in [0.1, 0.15) is 49.3 Å². The maximum atomic E-state index is 13.4. The molecule has 1 N–H and O–H groups in total. The number of halogens is 1. The minimum absolute atomic E-state index is 0.0992. The number of aryl methyl sites for hydroxylation is 1. The predicted molar refractivity (Wildman–Crippen MR) is 137 cm³/mol. The first-order valence-electron chi connectivity index (χ1n) is 12.1. The van der Waals surface area contributed by atoms with Crippen LogP contribution in [0.5, 0.6) is 0 Å². The summed E-state index contributed by atoms with van der Waals surface area (Å²) < 4.78 is 15.6. The van der Waals surface area contributed by atoms with E-state index in [-0.39, 0.29) is 17.6 Å². The molecule has 0 saturated carbocycles. The van der Waals surface area contributed by atoms with Crippen molar-refractivity contribution in [1.82, 2.24) is 9.88 Å². The highest BCUT2D eigenvalue weighted by Crippen LogP contribution is 2.33. The molecule has 1 atom stereocenters. The zero-order chi connectivity index (χ0) is 23.9. The Hall–Kier alpha value is -3.40. The number of carbonyl (C=O) groups is 1. The SMILES string of the molecule is CC(C)CNC(=O)C[C@@H](CCc1ccccc1)c1cn(Cc2ccc(F)cc2)c2ccccc12. The molecular formula is C30H33FN2O. The van der Waals surface area contributed by atoms with Crippen molar-refractivity contribution in [1.29, 1.82) is 0 Å². The van der Waals surface area contributed by atoms with Crippen molar-refractivity contribution in [2.24, 2.45) is 5.92 Å². The first kappa shape index (κ1) is 23.7. The van der Waals surface area contributed by atoms with Gasteiger partial charge in [0.05, 0.1) is 0 Å². The van der Waals surface area contributed by atoms with Crippen molar-refractivity contribution in [2.45, 2.75) is 45.6 Å². The van der Waals surface area contributed by atoms with Gasteiger partial charge in [0.2, 0.25) is 5.91 Å². The molecule has 0 fully saturated rings. The highest BCUT2D eigenvalue weighted by atomic mass is 19.1. The molecule has 0 aliphatic rings. The summed E-state index contributed by atoms with van der Waals surface area (Å²) >= 11 is 0. The van der Waals surface area contributed by atoms with Crippen molar-refractivity contribution >= 4 is 16.8 Å². The van der Waals surface area contributed by atoms with Gasteiger partial charge in [-0.05, 0) is 59.6 Å². The van der Waals surface area contributed by atoms with Crippen LogP contribution in [-0.2, 0) is 17.8 Å². The second-order valence-corrected chi connectivity index (χ2v) is 9.48. The lowest BCUT2D eigenvalue weighted by Crippen LogP contribution is -2.28. The van der Waals surface area contributed by atoms with Crippen molar-refractivity contribution in [2.75, 3.05) is 6.54 Å². The van der Waals surface area contributed by atoms with E-state index in [9.17, 15) is 9.18 Å². The van der Waals surface area contributed by atoms with Gasteiger partial charge in [-0.3, -0.25) is 4.79 Å².